The first kappa shape index (κ1) is 20.6. The SMILES string of the molecule is CC(C)CCNC(=O)C(C)(C)C(=O)N1CCN(c2cccc(Cl)c2)CC1. The second-order valence-corrected chi connectivity index (χ2v) is 8.26. The fourth-order valence-corrected chi connectivity index (χ4v) is 3.21. The van der Waals surface area contributed by atoms with Crippen LogP contribution in [0.25, 0.3) is 0 Å². The molecule has 0 unspecified atom stereocenters. The quantitative estimate of drug-likeness (QED) is 0.772. The minimum absolute atomic E-state index is 0.106. The molecule has 2 amide bonds. The summed E-state index contributed by atoms with van der Waals surface area (Å²) in [5.74, 6) is 0.222. The van der Waals surface area contributed by atoms with Gasteiger partial charge in [-0.25, -0.2) is 0 Å². The Morgan fingerprint density at radius 2 is 1.85 bits per heavy atom. The van der Waals surface area contributed by atoms with Gasteiger partial charge in [0.15, 0.2) is 0 Å². The number of nitrogens with one attached hydrogen (secondary N) is 1. The zero-order valence-corrected chi connectivity index (χ0v) is 17.0. The molecular formula is C20H30ClN3O2. The van der Waals surface area contributed by atoms with E-state index in [2.05, 4.69) is 24.1 Å². The van der Waals surface area contributed by atoms with Crippen molar-refractivity contribution in [3.63, 3.8) is 0 Å². The topological polar surface area (TPSA) is 52.7 Å². The van der Waals surface area contributed by atoms with Crippen LogP contribution < -0.4 is 10.2 Å². The minimum Gasteiger partial charge on any atom is -0.368 e. The van der Waals surface area contributed by atoms with Crippen molar-refractivity contribution in [3.8, 4) is 0 Å². The molecule has 1 aromatic carbocycles. The van der Waals surface area contributed by atoms with Crippen LogP contribution >= 0.6 is 11.6 Å². The second kappa shape index (κ2) is 8.76. The van der Waals surface area contributed by atoms with E-state index in [9.17, 15) is 9.59 Å². The van der Waals surface area contributed by atoms with Crippen LogP contribution in [0.15, 0.2) is 24.3 Å². The molecule has 0 spiro atoms. The highest BCUT2D eigenvalue weighted by Crippen LogP contribution is 2.24. The molecule has 144 valence electrons. The summed E-state index contributed by atoms with van der Waals surface area (Å²) in [7, 11) is 0. The van der Waals surface area contributed by atoms with Crippen LogP contribution in [-0.4, -0.2) is 49.4 Å². The van der Waals surface area contributed by atoms with Gasteiger partial charge in [-0.1, -0.05) is 31.5 Å². The van der Waals surface area contributed by atoms with E-state index >= 15 is 0 Å². The number of carbonyl (C=O) groups excluding carboxylic acids is 2. The fraction of sp³-hybridized carbons (Fsp3) is 0.600. The number of amides is 2. The minimum atomic E-state index is -1.05. The smallest absolute Gasteiger partial charge is 0.237 e. The van der Waals surface area contributed by atoms with Crippen LogP contribution in [0.2, 0.25) is 5.02 Å². The highest BCUT2D eigenvalue weighted by molar-refractivity contribution is 6.30. The lowest BCUT2D eigenvalue weighted by atomic mass is 9.89. The van der Waals surface area contributed by atoms with Gasteiger partial charge >= 0.3 is 0 Å². The number of hydrogen-bond acceptors (Lipinski definition) is 3. The highest BCUT2D eigenvalue weighted by Gasteiger charge is 2.39. The molecule has 1 heterocycles. The summed E-state index contributed by atoms with van der Waals surface area (Å²) in [6.45, 7) is 10.9. The molecule has 0 aliphatic carbocycles. The Bertz CT molecular complexity index is 638. The number of nitrogens with zero attached hydrogens (tertiary/aromatic N) is 2. The van der Waals surface area contributed by atoms with Crippen molar-refractivity contribution in [1.82, 2.24) is 10.2 Å². The van der Waals surface area contributed by atoms with Gasteiger partial charge in [-0.3, -0.25) is 9.59 Å². The third-order valence-electron chi connectivity index (χ3n) is 4.85. The van der Waals surface area contributed by atoms with Gasteiger partial charge in [0.05, 0.1) is 0 Å². The largest absolute Gasteiger partial charge is 0.368 e. The molecule has 6 heteroatoms. The molecule has 0 saturated carbocycles. The normalized spacial score (nSPS) is 15.3. The number of halogens is 1. The van der Waals surface area contributed by atoms with Crippen molar-refractivity contribution < 1.29 is 9.59 Å². The molecule has 1 fully saturated rings. The molecule has 5 nitrogen and oxygen atoms in total. The van der Waals surface area contributed by atoms with Gasteiger partial charge in [0.2, 0.25) is 11.8 Å². The zero-order valence-electron chi connectivity index (χ0n) is 16.2. The maximum Gasteiger partial charge on any atom is 0.237 e. The van der Waals surface area contributed by atoms with Crippen LogP contribution in [0.4, 0.5) is 5.69 Å². The third-order valence-corrected chi connectivity index (χ3v) is 5.08. The molecule has 26 heavy (non-hydrogen) atoms. The number of hydrogen-bond donors (Lipinski definition) is 1. The van der Waals surface area contributed by atoms with Crippen molar-refractivity contribution in [1.29, 1.82) is 0 Å². The fourth-order valence-electron chi connectivity index (χ4n) is 3.03. The van der Waals surface area contributed by atoms with Crippen LogP contribution in [0, 0.1) is 11.3 Å². The molecule has 0 aromatic heterocycles. The van der Waals surface area contributed by atoms with Gasteiger partial charge in [-0.05, 0) is 44.4 Å². The monoisotopic (exact) mass is 379 g/mol. The molecule has 0 radical (unpaired) electrons. The van der Waals surface area contributed by atoms with E-state index in [1.54, 1.807) is 18.7 Å². The van der Waals surface area contributed by atoms with Gasteiger partial charge in [0.25, 0.3) is 0 Å². The maximum absolute atomic E-state index is 12.9. The lowest BCUT2D eigenvalue weighted by Crippen LogP contribution is -2.55. The van der Waals surface area contributed by atoms with Crippen molar-refractivity contribution in [3.05, 3.63) is 29.3 Å². The number of carbonyl (C=O) groups is 2. The Kier molecular flexibility index (Phi) is 6.93. The zero-order chi connectivity index (χ0) is 19.3. The Labute approximate surface area is 161 Å². The lowest BCUT2D eigenvalue weighted by Gasteiger charge is -2.39. The standard InChI is InChI=1S/C20H30ClN3O2/c1-15(2)8-9-22-18(25)20(3,4)19(26)24-12-10-23(11-13-24)17-7-5-6-16(21)14-17/h5-7,14-15H,8-13H2,1-4H3,(H,22,25). The second-order valence-electron chi connectivity index (χ2n) is 7.82. The average molecular weight is 380 g/mol. The van der Waals surface area contributed by atoms with Gasteiger partial charge < -0.3 is 15.1 Å². The molecule has 0 atom stereocenters. The van der Waals surface area contributed by atoms with Gasteiger partial charge in [-0.2, -0.15) is 0 Å². The van der Waals surface area contributed by atoms with Gasteiger partial charge in [0.1, 0.15) is 5.41 Å². The number of anilines is 1. The van der Waals surface area contributed by atoms with E-state index in [0.717, 1.165) is 25.2 Å². The predicted octanol–water partition coefficient (Wildman–Crippen LogP) is 3.18. The van der Waals surface area contributed by atoms with E-state index in [0.29, 0.717) is 30.6 Å². The van der Waals surface area contributed by atoms with Crippen LogP contribution in [-0.2, 0) is 9.59 Å². The summed E-state index contributed by atoms with van der Waals surface area (Å²) >= 11 is 6.06. The van der Waals surface area contributed by atoms with E-state index < -0.39 is 5.41 Å². The van der Waals surface area contributed by atoms with E-state index in [-0.39, 0.29) is 11.8 Å². The van der Waals surface area contributed by atoms with Gasteiger partial charge in [-0.15, -0.1) is 0 Å². The summed E-state index contributed by atoms with van der Waals surface area (Å²) in [5, 5.41) is 3.61. The summed E-state index contributed by atoms with van der Waals surface area (Å²) < 4.78 is 0. The molecule has 1 aliphatic heterocycles. The maximum atomic E-state index is 12.9. The molecular weight excluding hydrogens is 350 g/mol. The summed E-state index contributed by atoms with van der Waals surface area (Å²) in [4.78, 5) is 29.4. The summed E-state index contributed by atoms with van der Waals surface area (Å²) in [6.07, 6.45) is 0.911. The molecule has 2 rings (SSSR count). The third kappa shape index (κ3) is 5.13. The molecule has 0 bridgehead atoms. The molecule has 1 aromatic rings. The van der Waals surface area contributed by atoms with Crippen molar-refractivity contribution in [2.24, 2.45) is 11.3 Å². The van der Waals surface area contributed by atoms with Crippen molar-refractivity contribution in [2.75, 3.05) is 37.6 Å². The van der Waals surface area contributed by atoms with Crippen molar-refractivity contribution in [2.45, 2.75) is 34.1 Å². The summed E-state index contributed by atoms with van der Waals surface area (Å²) in [5.41, 5.74) is 0.0187. The Morgan fingerprint density at radius 3 is 2.42 bits per heavy atom. The lowest BCUT2D eigenvalue weighted by molar-refractivity contribution is -0.148. The highest BCUT2D eigenvalue weighted by atomic mass is 35.5. The average Bonchev–Trinajstić information content (AvgIpc) is 2.60. The van der Waals surface area contributed by atoms with Crippen LogP contribution in [0.5, 0.6) is 0 Å². The Balaban J connectivity index is 1.91. The summed E-state index contributed by atoms with van der Waals surface area (Å²) in [6, 6.07) is 7.74. The van der Waals surface area contributed by atoms with Crippen molar-refractivity contribution >= 4 is 29.1 Å². The van der Waals surface area contributed by atoms with E-state index in [1.165, 1.54) is 0 Å². The first-order valence-electron chi connectivity index (χ1n) is 9.30. The Morgan fingerprint density at radius 1 is 1.19 bits per heavy atom. The predicted molar refractivity (Wildman–Crippen MR) is 106 cm³/mol. The Hall–Kier alpha value is -1.75. The molecule has 1 N–H and O–H groups in total. The molecule has 1 aliphatic rings. The van der Waals surface area contributed by atoms with Crippen LogP contribution in [0.1, 0.15) is 34.1 Å². The first-order chi connectivity index (χ1) is 12.2. The van der Waals surface area contributed by atoms with Gasteiger partial charge in [0, 0.05) is 43.4 Å². The van der Waals surface area contributed by atoms with E-state index in [4.69, 9.17) is 11.6 Å². The number of benzene rings is 1. The number of rotatable bonds is 6. The van der Waals surface area contributed by atoms with E-state index in [1.807, 2.05) is 24.3 Å². The van der Waals surface area contributed by atoms with Crippen LogP contribution in [0.3, 0.4) is 0 Å². The first-order valence-corrected chi connectivity index (χ1v) is 9.68. The molecule has 1 saturated heterocycles. The number of piperazine rings is 1.